The normalized spacial score (nSPS) is 16.1. The Bertz CT molecular complexity index is 1150. The van der Waals surface area contributed by atoms with Gasteiger partial charge in [0, 0.05) is 36.8 Å². The number of sulfonamides is 1. The third kappa shape index (κ3) is 2.67. The van der Waals surface area contributed by atoms with E-state index < -0.39 is 15.8 Å². The molecule has 1 aliphatic heterocycles. The second-order valence-electron chi connectivity index (χ2n) is 7.46. The van der Waals surface area contributed by atoms with Crippen molar-refractivity contribution < 1.29 is 12.8 Å². The quantitative estimate of drug-likeness (QED) is 0.735. The summed E-state index contributed by atoms with van der Waals surface area (Å²) >= 11 is 0. The van der Waals surface area contributed by atoms with Crippen LogP contribution in [0.3, 0.4) is 0 Å². The lowest BCUT2D eigenvalue weighted by atomic mass is 10.1. The van der Waals surface area contributed by atoms with Crippen molar-refractivity contribution in [2.45, 2.75) is 44.2 Å². The molecule has 0 unspecified atom stereocenters. The summed E-state index contributed by atoms with van der Waals surface area (Å²) in [4.78, 5) is 13.9. The topological polar surface area (TPSA) is 101 Å². The first-order valence-electron chi connectivity index (χ1n) is 8.35. The molecule has 138 valence electrons. The summed E-state index contributed by atoms with van der Waals surface area (Å²) in [5, 5.41) is 4.44. The Labute approximate surface area is 150 Å². The number of nitrogens with zero attached hydrogens (tertiary/aromatic N) is 3. The lowest BCUT2D eigenvalue weighted by molar-refractivity contribution is 0.325. The van der Waals surface area contributed by atoms with Crippen LogP contribution in [-0.2, 0) is 28.5 Å². The first-order chi connectivity index (χ1) is 12.2. The minimum Gasteiger partial charge on any atom is -0.408 e. The van der Waals surface area contributed by atoms with Gasteiger partial charge >= 0.3 is 5.76 Å². The molecule has 0 saturated carbocycles. The van der Waals surface area contributed by atoms with E-state index in [9.17, 15) is 13.2 Å². The lowest BCUT2D eigenvalue weighted by Crippen LogP contribution is -2.37. The average molecular weight is 376 g/mol. The van der Waals surface area contributed by atoms with E-state index >= 15 is 0 Å². The maximum atomic E-state index is 13.0. The molecule has 0 spiro atoms. The van der Waals surface area contributed by atoms with Gasteiger partial charge in [0.25, 0.3) is 0 Å². The minimum absolute atomic E-state index is 0.111. The highest BCUT2D eigenvalue weighted by Crippen LogP contribution is 2.28. The van der Waals surface area contributed by atoms with Crippen LogP contribution in [0.15, 0.2) is 38.5 Å². The molecule has 0 bridgehead atoms. The van der Waals surface area contributed by atoms with E-state index in [1.165, 1.54) is 16.4 Å². The molecule has 0 fully saturated rings. The van der Waals surface area contributed by atoms with E-state index in [0.29, 0.717) is 18.5 Å². The number of fused-ring (bicyclic) bond motifs is 2. The molecule has 1 aliphatic rings. The van der Waals surface area contributed by atoms with Crippen LogP contribution in [0.2, 0.25) is 0 Å². The van der Waals surface area contributed by atoms with E-state index in [1.54, 1.807) is 12.3 Å². The molecule has 1 N–H and O–H groups in total. The molecule has 8 nitrogen and oxygen atoms in total. The molecule has 4 rings (SSSR count). The fourth-order valence-electron chi connectivity index (χ4n) is 3.32. The molecular weight excluding hydrogens is 356 g/mol. The molecule has 26 heavy (non-hydrogen) atoms. The zero-order valence-corrected chi connectivity index (χ0v) is 15.6. The smallest absolute Gasteiger partial charge is 0.408 e. The van der Waals surface area contributed by atoms with Gasteiger partial charge in [-0.25, -0.2) is 13.2 Å². The summed E-state index contributed by atoms with van der Waals surface area (Å²) in [6.45, 7) is 6.88. The molecule has 3 heterocycles. The SMILES string of the molecule is CC(C)(C)n1ncc2c1CCN(S(=O)(=O)c1ccc3[nH]c(=O)oc3c1)C2. The van der Waals surface area contributed by atoms with E-state index in [1.807, 2.05) is 4.68 Å². The summed E-state index contributed by atoms with van der Waals surface area (Å²) in [6.07, 6.45) is 2.35. The van der Waals surface area contributed by atoms with Crippen molar-refractivity contribution in [2.75, 3.05) is 6.54 Å². The second-order valence-corrected chi connectivity index (χ2v) is 9.40. The van der Waals surface area contributed by atoms with Gasteiger partial charge in [0.2, 0.25) is 10.0 Å². The van der Waals surface area contributed by atoms with Crippen molar-refractivity contribution in [3.05, 3.63) is 46.2 Å². The highest BCUT2D eigenvalue weighted by molar-refractivity contribution is 7.89. The third-order valence-electron chi connectivity index (χ3n) is 4.57. The monoisotopic (exact) mass is 376 g/mol. The Morgan fingerprint density at radius 2 is 2.04 bits per heavy atom. The molecule has 9 heteroatoms. The van der Waals surface area contributed by atoms with Gasteiger partial charge in [-0.2, -0.15) is 9.40 Å². The Morgan fingerprint density at radius 1 is 1.27 bits per heavy atom. The molecule has 0 saturated heterocycles. The largest absolute Gasteiger partial charge is 0.417 e. The lowest BCUT2D eigenvalue weighted by Gasteiger charge is -2.29. The van der Waals surface area contributed by atoms with Crippen LogP contribution >= 0.6 is 0 Å². The zero-order chi connectivity index (χ0) is 18.7. The van der Waals surface area contributed by atoms with Gasteiger partial charge in [0.1, 0.15) is 0 Å². The molecule has 0 atom stereocenters. The van der Waals surface area contributed by atoms with E-state index in [-0.39, 0.29) is 22.6 Å². The third-order valence-corrected chi connectivity index (χ3v) is 6.41. The number of rotatable bonds is 2. The van der Waals surface area contributed by atoms with Crippen LogP contribution in [-0.4, -0.2) is 34.0 Å². The number of aromatic amines is 1. The molecule has 1 aromatic carbocycles. The van der Waals surface area contributed by atoms with Crippen LogP contribution in [0, 0.1) is 0 Å². The number of H-pyrrole nitrogens is 1. The Morgan fingerprint density at radius 3 is 2.77 bits per heavy atom. The maximum absolute atomic E-state index is 13.0. The standard InChI is InChI=1S/C17H20N4O4S/c1-17(2,3)21-14-6-7-20(10-11(14)9-18-21)26(23,24)12-4-5-13-15(8-12)25-16(22)19-13/h4-5,8-9H,6-7,10H2,1-3H3,(H,19,22). The number of oxazole rings is 1. The fourth-order valence-corrected chi connectivity index (χ4v) is 4.76. The molecule has 3 aromatic rings. The number of aromatic nitrogens is 3. The molecular formula is C17H20N4O4S. The van der Waals surface area contributed by atoms with Crippen LogP contribution in [0.1, 0.15) is 32.0 Å². The van der Waals surface area contributed by atoms with Crippen molar-refractivity contribution in [1.82, 2.24) is 19.1 Å². The van der Waals surface area contributed by atoms with Crippen LogP contribution < -0.4 is 5.76 Å². The molecule has 0 aliphatic carbocycles. The second kappa shape index (κ2) is 5.55. The minimum atomic E-state index is -3.69. The zero-order valence-electron chi connectivity index (χ0n) is 14.8. The van der Waals surface area contributed by atoms with Crippen molar-refractivity contribution >= 4 is 21.1 Å². The van der Waals surface area contributed by atoms with Crippen LogP contribution in [0.25, 0.3) is 11.1 Å². The molecule has 0 amide bonds. The highest BCUT2D eigenvalue weighted by atomic mass is 32.2. The van der Waals surface area contributed by atoms with Crippen LogP contribution in [0.4, 0.5) is 0 Å². The van der Waals surface area contributed by atoms with Crippen molar-refractivity contribution in [1.29, 1.82) is 0 Å². The Kier molecular flexibility index (Phi) is 3.64. The predicted octanol–water partition coefficient (Wildman–Crippen LogP) is 1.82. The predicted molar refractivity (Wildman–Crippen MR) is 95.4 cm³/mol. The summed E-state index contributed by atoms with van der Waals surface area (Å²) < 4.78 is 34.4. The van der Waals surface area contributed by atoms with Crippen LogP contribution in [0.5, 0.6) is 0 Å². The number of nitrogens with one attached hydrogen (secondary N) is 1. The molecule has 0 radical (unpaired) electrons. The van der Waals surface area contributed by atoms with E-state index in [0.717, 1.165) is 11.3 Å². The van der Waals surface area contributed by atoms with Crippen molar-refractivity contribution in [3.63, 3.8) is 0 Å². The fraction of sp³-hybridized carbons (Fsp3) is 0.412. The van der Waals surface area contributed by atoms with Crippen molar-refractivity contribution in [3.8, 4) is 0 Å². The molecule has 2 aromatic heterocycles. The van der Waals surface area contributed by atoms with E-state index in [4.69, 9.17) is 4.42 Å². The summed E-state index contributed by atoms with van der Waals surface area (Å²) in [7, 11) is -3.69. The van der Waals surface area contributed by atoms with Crippen molar-refractivity contribution in [2.24, 2.45) is 0 Å². The van der Waals surface area contributed by atoms with E-state index in [2.05, 4.69) is 30.9 Å². The van der Waals surface area contributed by atoms with Gasteiger partial charge in [-0.1, -0.05) is 0 Å². The summed E-state index contributed by atoms with van der Waals surface area (Å²) in [5.74, 6) is -0.605. The van der Waals surface area contributed by atoms with Gasteiger partial charge in [0.15, 0.2) is 5.58 Å². The van der Waals surface area contributed by atoms with Gasteiger partial charge < -0.3 is 4.42 Å². The number of benzene rings is 1. The highest BCUT2D eigenvalue weighted by Gasteiger charge is 2.32. The van der Waals surface area contributed by atoms with Gasteiger partial charge in [-0.15, -0.1) is 0 Å². The Hall–Kier alpha value is -2.39. The van der Waals surface area contributed by atoms with Gasteiger partial charge in [-0.05, 0) is 32.9 Å². The van der Waals surface area contributed by atoms with Gasteiger partial charge in [0.05, 0.1) is 22.1 Å². The number of hydrogen-bond donors (Lipinski definition) is 1. The Balaban J connectivity index is 1.68. The maximum Gasteiger partial charge on any atom is 0.417 e. The van der Waals surface area contributed by atoms with Gasteiger partial charge in [-0.3, -0.25) is 9.67 Å². The first kappa shape index (κ1) is 17.0. The summed E-state index contributed by atoms with van der Waals surface area (Å²) in [5.41, 5.74) is 2.56. The number of hydrogen-bond acceptors (Lipinski definition) is 5. The first-order valence-corrected chi connectivity index (χ1v) is 9.79. The summed E-state index contributed by atoms with van der Waals surface area (Å²) in [6, 6.07) is 4.41. The average Bonchev–Trinajstić information content (AvgIpc) is 3.14.